The van der Waals surface area contributed by atoms with E-state index in [0.29, 0.717) is 0 Å². The van der Waals surface area contributed by atoms with Crippen LogP contribution in [0.1, 0.15) is 25.8 Å². The van der Waals surface area contributed by atoms with E-state index in [9.17, 15) is 5.11 Å². The summed E-state index contributed by atoms with van der Waals surface area (Å²) in [4.78, 5) is 6.18. The van der Waals surface area contributed by atoms with Crippen molar-refractivity contribution in [2.24, 2.45) is 0 Å². The molecule has 1 aromatic rings. The van der Waals surface area contributed by atoms with E-state index < -0.39 is 5.60 Å². The molecule has 0 saturated carbocycles. The molecule has 0 aliphatic rings. The highest BCUT2D eigenvalue weighted by atomic mass is 16.3. The molecule has 0 atom stereocenters. The number of aromatic nitrogens is 1. The van der Waals surface area contributed by atoms with Gasteiger partial charge in [0.2, 0.25) is 0 Å². The zero-order valence-corrected chi connectivity index (χ0v) is 9.77. The number of aliphatic hydroxyl groups is 1. The highest BCUT2D eigenvalue weighted by molar-refractivity contribution is 5.09. The van der Waals surface area contributed by atoms with Gasteiger partial charge in [0.1, 0.15) is 0 Å². The fourth-order valence-electron chi connectivity index (χ4n) is 1.34. The first-order valence-electron chi connectivity index (χ1n) is 5.27. The summed E-state index contributed by atoms with van der Waals surface area (Å²) in [6, 6.07) is 4.03. The second kappa shape index (κ2) is 5.24. The summed E-state index contributed by atoms with van der Waals surface area (Å²) in [6.45, 7) is 5.48. The first-order valence-corrected chi connectivity index (χ1v) is 5.27. The van der Waals surface area contributed by atoms with Gasteiger partial charge in [0, 0.05) is 25.5 Å². The average Bonchev–Trinajstić information content (AvgIpc) is 2.15. The number of pyridine rings is 1. The Bertz CT molecular complexity index is 279. The molecule has 0 spiro atoms. The number of nitrogens with zero attached hydrogens (tertiary/aromatic N) is 2. The van der Waals surface area contributed by atoms with Crippen LogP contribution < -0.4 is 0 Å². The van der Waals surface area contributed by atoms with Gasteiger partial charge in [-0.1, -0.05) is 0 Å². The summed E-state index contributed by atoms with van der Waals surface area (Å²) in [7, 11) is 2.06. The van der Waals surface area contributed by atoms with Gasteiger partial charge < -0.3 is 10.0 Å². The third-order valence-corrected chi connectivity index (χ3v) is 2.31. The minimum Gasteiger partial charge on any atom is -0.390 e. The molecule has 0 amide bonds. The van der Waals surface area contributed by atoms with Crippen LogP contribution in [-0.2, 0) is 6.54 Å². The van der Waals surface area contributed by atoms with Crippen molar-refractivity contribution in [3.63, 3.8) is 0 Å². The molecule has 3 heteroatoms. The van der Waals surface area contributed by atoms with E-state index in [4.69, 9.17) is 0 Å². The Morgan fingerprint density at radius 3 is 2.47 bits per heavy atom. The molecule has 0 aromatic carbocycles. The van der Waals surface area contributed by atoms with Gasteiger partial charge in [-0.2, -0.15) is 0 Å². The molecule has 1 aromatic heterocycles. The molecule has 0 radical (unpaired) electrons. The van der Waals surface area contributed by atoms with E-state index in [-0.39, 0.29) is 0 Å². The molecule has 0 fully saturated rings. The molecule has 0 aliphatic heterocycles. The first kappa shape index (κ1) is 12.1. The first-order chi connectivity index (χ1) is 6.97. The lowest BCUT2D eigenvalue weighted by Gasteiger charge is -2.22. The topological polar surface area (TPSA) is 36.4 Å². The van der Waals surface area contributed by atoms with E-state index in [0.717, 1.165) is 19.5 Å². The highest BCUT2D eigenvalue weighted by Crippen LogP contribution is 2.09. The predicted molar refractivity (Wildman–Crippen MR) is 61.5 cm³/mol. The number of rotatable bonds is 5. The predicted octanol–water partition coefficient (Wildman–Crippen LogP) is 1.67. The Balaban J connectivity index is 2.34. The monoisotopic (exact) mass is 208 g/mol. The molecule has 0 saturated heterocycles. The van der Waals surface area contributed by atoms with Gasteiger partial charge >= 0.3 is 0 Å². The number of hydrogen-bond acceptors (Lipinski definition) is 3. The van der Waals surface area contributed by atoms with Crippen LogP contribution in [0.4, 0.5) is 0 Å². The van der Waals surface area contributed by atoms with Crippen molar-refractivity contribution in [2.75, 3.05) is 13.6 Å². The summed E-state index contributed by atoms with van der Waals surface area (Å²) in [5, 5.41) is 9.60. The largest absolute Gasteiger partial charge is 0.390 e. The molecule has 3 nitrogen and oxygen atoms in total. The lowest BCUT2D eigenvalue weighted by molar-refractivity contribution is 0.0599. The van der Waals surface area contributed by atoms with Gasteiger partial charge in [-0.05, 0) is 45.0 Å². The standard InChI is InChI=1S/C12H20N2O/c1-12(2,15)6-9-14(3)10-11-4-7-13-8-5-11/h4-5,7-8,15H,6,9-10H2,1-3H3. The van der Waals surface area contributed by atoms with Crippen LogP contribution in [0.2, 0.25) is 0 Å². The van der Waals surface area contributed by atoms with Crippen LogP contribution in [-0.4, -0.2) is 34.2 Å². The maximum atomic E-state index is 9.60. The van der Waals surface area contributed by atoms with Crippen molar-refractivity contribution < 1.29 is 5.11 Å². The zero-order valence-electron chi connectivity index (χ0n) is 9.77. The summed E-state index contributed by atoms with van der Waals surface area (Å²) < 4.78 is 0. The molecule has 1 heterocycles. The highest BCUT2D eigenvalue weighted by Gasteiger charge is 2.13. The van der Waals surface area contributed by atoms with Gasteiger partial charge in [-0.25, -0.2) is 0 Å². The Morgan fingerprint density at radius 1 is 1.33 bits per heavy atom. The quantitative estimate of drug-likeness (QED) is 0.799. The third-order valence-electron chi connectivity index (χ3n) is 2.31. The van der Waals surface area contributed by atoms with Crippen molar-refractivity contribution in [3.8, 4) is 0 Å². The Labute approximate surface area is 91.8 Å². The van der Waals surface area contributed by atoms with E-state index in [1.54, 1.807) is 12.4 Å². The second-order valence-corrected chi connectivity index (χ2v) is 4.66. The van der Waals surface area contributed by atoms with Crippen molar-refractivity contribution in [1.29, 1.82) is 0 Å². The molecular formula is C12H20N2O. The molecule has 1 N–H and O–H groups in total. The van der Waals surface area contributed by atoms with Gasteiger partial charge in [0.05, 0.1) is 5.60 Å². The van der Waals surface area contributed by atoms with E-state index in [1.807, 2.05) is 26.0 Å². The average molecular weight is 208 g/mol. The van der Waals surface area contributed by atoms with E-state index in [1.165, 1.54) is 5.56 Å². The molecule has 1 rings (SSSR count). The minimum absolute atomic E-state index is 0.577. The summed E-state index contributed by atoms with van der Waals surface area (Å²) >= 11 is 0. The normalized spacial score (nSPS) is 12.1. The lowest BCUT2D eigenvalue weighted by Crippen LogP contribution is -2.28. The van der Waals surface area contributed by atoms with Gasteiger partial charge in [-0.15, -0.1) is 0 Å². The molecule has 0 bridgehead atoms. The van der Waals surface area contributed by atoms with Crippen molar-refractivity contribution in [2.45, 2.75) is 32.4 Å². The Hall–Kier alpha value is -0.930. The van der Waals surface area contributed by atoms with Crippen molar-refractivity contribution >= 4 is 0 Å². The van der Waals surface area contributed by atoms with Gasteiger partial charge in [-0.3, -0.25) is 4.98 Å². The maximum Gasteiger partial charge on any atom is 0.0603 e. The second-order valence-electron chi connectivity index (χ2n) is 4.66. The third kappa shape index (κ3) is 5.50. The van der Waals surface area contributed by atoms with Crippen LogP contribution in [0.15, 0.2) is 24.5 Å². The van der Waals surface area contributed by atoms with E-state index in [2.05, 4.69) is 16.9 Å². The minimum atomic E-state index is -0.577. The zero-order chi connectivity index (χ0) is 11.3. The Morgan fingerprint density at radius 2 is 1.93 bits per heavy atom. The number of hydrogen-bond donors (Lipinski definition) is 1. The van der Waals surface area contributed by atoms with Crippen LogP contribution in [0, 0.1) is 0 Å². The van der Waals surface area contributed by atoms with Gasteiger partial charge in [0.15, 0.2) is 0 Å². The van der Waals surface area contributed by atoms with Crippen LogP contribution in [0.3, 0.4) is 0 Å². The summed E-state index contributed by atoms with van der Waals surface area (Å²) in [5.41, 5.74) is 0.676. The molecule has 15 heavy (non-hydrogen) atoms. The van der Waals surface area contributed by atoms with Crippen LogP contribution in [0.5, 0.6) is 0 Å². The smallest absolute Gasteiger partial charge is 0.0603 e. The SMILES string of the molecule is CN(CCC(C)(C)O)Cc1ccncc1. The fraction of sp³-hybridized carbons (Fsp3) is 0.583. The molecule has 0 aliphatic carbocycles. The van der Waals surface area contributed by atoms with Crippen molar-refractivity contribution in [3.05, 3.63) is 30.1 Å². The Kier molecular flexibility index (Phi) is 4.24. The lowest BCUT2D eigenvalue weighted by atomic mass is 10.1. The molecule has 0 unspecified atom stereocenters. The fourth-order valence-corrected chi connectivity index (χ4v) is 1.34. The van der Waals surface area contributed by atoms with E-state index >= 15 is 0 Å². The van der Waals surface area contributed by atoms with Gasteiger partial charge in [0.25, 0.3) is 0 Å². The summed E-state index contributed by atoms with van der Waals surface area (Å²) in [6.07, 6.45) is 4.40. The molecular weight excluding hydrogens is 188 g/mol. The van der Waals surface area contributed by atoms with Crippen LogP contribution in [0.25, 0.3) is 0 Å². The summed E-state index contributed by atoms with van der Waals surface area (Å²) in [5.74, 6) is 0. The maximum absolute atomic E-state index is 9.60. The van der Waals surface area contributed by atoms with Crippen molar-refractivity contribution in [1.82, 2.24) is 9.88 Å². The molecule has 84 valence electrons. The van der Waals surface area contributed by atoms with Crippen LogP contribution >= 0.6 is 0 Å².